The van der Waals surface area contributed by atoms with Gasteiger partial charge in [0.05, 0.1) is 6.10 Å². The lowest BCUT2D eigenvalue weighted by molar-refractivity contribution is -0.117. The van der Waals surface area contributed by atoms with Crippen molar-refractivity contribution in [3.63, 3.8) is 0 Å². The van der Waals surface area contributed by atoms with Crippen LogP contribution < -0.4 is 5.32 Å². The molecule has 0 saturated carbocycles. The third-order valence-corrected chi connectivity index (χ3v) is 1.43. The highest BCUT2D eigenvalue weighted by molar-refractivity contribution is 5.92. The van der Waals surface area contributed by atoms with Gasteiger partial charge in [-0.2, -0.15) is 0 Å². The number of nitrogens with one attached hydrogen (secondary N) is 1. The molecule has 0 aliphatic carbocycles. The van der Waals surface area contributed by atoms with E-state index in [0.29, 0.717) is 12.1 Å². The Morgan fingerprint density at radius 1 is 1.67 bits per heavy atom. The molecule has 1 amide bonds. The molecule has 1 atom stereocenters. The number of hydrogen-bond donors (Lipinski definition) is 2. The maximum Gasteiger partial charge on any atom is 0.246 e. The highest BCUT2D eigenvalue weighted by atomic mass is 16.3. The molecule has 0 rings (SSSR count). The molecule has 0 aromatic heterocycles. The van der Waals surface area contributed by atoms with Crippen molar-refractivity contribution in [2.45, 2.75) is 33.3 Å². The second-order valence-corrected chi connectivity index (χ2v) is 2.85. The van der Waals surface area contributed by atoms with E-state index in [1.807, 2.05) is 13.0 Å². The molecule has 12 heavy (non-hydrogen) atoms. The van der Waals surface area contributed by atoms with Gasteiger partial charge in [-0.15, -0.1) is 0 Å². The lowest BCUT2D eigenvalue weighted by Crippen LogP contribution is -2.30. The van der Waals surface area contributed by atoms with Crippen molar-refractivity contribution < 1.29 is 9.90 Å². The maximum atomic E-state index is 11.1. The molecule has 0 bridgehead atoms. The molecule has 2 N–H and O–H groups in total. The number of allylic oxidation sites excluding steroid dienone is 1. The van der Waals surface area contributed by atoms with Gasteiger partial charge in [0.2, 0.25) is 5.91 Å². The number of hydrogen-bond acceptors (Lipinski definition) is 2. The zero-order valence-corrected chi connectivity index (χ0v) is 7.92. The van der Waals surface area contributed by atoms with Crippen LogP contribution in [0.1, 0.15) is 27.2 Å². The summed E-state index contributed by atoms with van der Waals surface area (Å²) in [5, 5.41) is 11.5. The largest absolute Gasteiger partial charge is 0.392 e. The van der Waals surface area contributed by atoms with Crippen LogP contribution in [-0.4, -0.2) is 23.7 Å². The van der Waals surface area contributed by atoms with Gasteiger partial charge in [-0.3, -0.25) is 4.79 Å². The molecule has 0 aliphatic rings. The van der Waals surface area contributed by atoms with Gasteiger partial charge in [0.1, 0.15) is 0 Å². The molecule has 0 aromatic rings. The number of aliphatic hydroxyl groups excluding tert-OH is 1. The minimum absolute atomic E-state index is 0.0993. The summed E-state index contributed by atoms with van der Waals surface area (Å²) >= 11 is 0. The smallest absolute Gasteiger partial charge is 0.246 e. The Bertz CT molecular complexity index is 173. The molecule has 0 saturated heterocycles. The Morgan fingerprint density at radius 2 is 2.25 bits per heavy atom. The van der Waals surface area contributed by atoms with Crippen molar-refractivity contribution in [2.75, 3.05) is 6.54 Å². The van der Waals surface area contributed by atoms with E-state index >= 15 is 0 Å². The highest BCUT2D eigenvalue weighted by Gasteiger charge is 2.03. The summed E-state index contributed by atoms with van der Waals surface area (Å²) < 4.78 is 0. The summed E-state index contributed by atoms with van der Waals surface area (Å²) in [7, 11) is 0. The first kappa shape index (κ1) is 11.2. The molecule has 0 fully saturated rings. The van der Waals surface area contributed by atoms with Crippen molar-refractivity contribution in [3.05, 3.63) is 11.6 Å². The van der Waals surface area contributed by atoms with E-state index in [1.54, 1.807) is 13.8 Å². The molecule has 70 valence electrons. The second kappa shape index (κ2) is 5.77. The molecular weight excluding hydrogens is 154 g/mol. The molecule has 0 radical (unpaired) electrons. The van der Waals surface area contributed by atoms with Crippen molar-refractivity contribution in [1.82, 2.24) is 5.32 Å². The Kier molecular flexibility index (Phi) is 5.37. The minimum atomic E-state index is -0.483. The van der Waals surface area contributed by atoms with Gasteiger partial charge < -0.3 is 10.4 Å². The zero-order chi connectivity index (χ0) is 9.56. The van der Waals surface area contributed by atoms with Gasteiger partial charge in [0.25, 0.3) is 0 Å². The molecule has 3 heteroatoms. The first-order chi connectivity index (χ1) is 5.57. The lowest BCUT2D eigenvalue weighted by Gasteiger charge is -2.06. The van der Waals surface area contributed by atoms with Crippen molar-refractivity contribution >= 4 is 5.91 Å². The van der Waals surface area contributed by atoms with Gasteiger partial charge in [-0.05, 0) is 20.3 Å². The summed E-state index contributed by atoms with van der Waals surface area (Å²) in [5.41, 5.74) is 0.707. The summed E-state index contributed by atoms with van der Waals surface area (Å²) in [6.45, 7) is 5.69. The standard InChI is InChI=1S/C9H17NO2/c1-4-5-7(2)9(12)10-6-8(3)11/h5,8,11H,4,6H2,1-3H3,(H,10,12)/b7-5+. The summed E-state index contributed by atoms with van der Waals surface area (Å²) in [6.07, 6.45) is 2.23. The average molecular weight is 171 g/mol. The van der Waals surface area contributed by atoms with E-state index in [-0.39, 0.29) is 5.91 Å². The summed E-state index contributed by atoms with van der Waals surface area (Å²) in [6, 6.07) is 0. The van der Waals surface area contributed by atoms with Gasteiger partial charge in [-0.25, -0.2) is 0 Å². The fourth-order valence-corrected chi connectivity index (χ4v) is 0.779. The normalized spacial score (nSPS) is 14.2. The Morgan fingerprint density at radius 3 is 2.67 bits per heavy atom. The summed E-state index contributed by atoms with van der Waals surface area (Å²) in [4.78, 5) is 11.1. The maximum absolute atomic E-state index is 11.1. The molecule has 0 aliphatic heterocycles. The van der Waals surface area contributed by atoms with Crippen LogP contribution in [0.3, 0.4) is 0 Å². The predicted molar refractivity (Wildman–Crippen MR) is 48.7 cm³/mol. The molecule has 1 unspecified atom stereocenters. The molecule has 3 nitrogen and oxygen atoms in total. The average Bonchev–Trinajstić information content (AvgIpc) is 2.00. The lowest BCUT2D eigenvalue weighted by atomic mass is 10.2. The fourth-order valence-electron chi connectivity index (χ4n) is 0.779. The van der Waals surface area contributed by atoms with E-state index in [9.17, 15) is 4.79 Å². The highest BCUT2D eigenvalue weighted by Crippen LogP contribution is 1.94. The van der Waals surface area contributed by atoms with Crippen LogP contribution in [0.5, 0.6) is 0 Å². The Labute approximate surface area is 73.5 Å². The zero-order valence-electron chi connectivity index (χ0n) is 7.92. The monoisotopic (exact) mass is 171 g/mol. The quantitative estimate of drug-likeness (QED) is 0.616. The van der Waals surface area contributed by atoms with E-state index in [1.165, 1.54) is 0 Å². The van der Waals surface area contributed by atoms with Gasteiger partial charge in [0.15, 0.2) is 0 Å². The SMILES string of the molecule is CC/C=C(\C)C(=O)NCC(C)O. The third kappa shape index (κ3) is 4.91. The first-order valence-electron chi connectivity index (χ1n) is 4.21. The van der Waals surface area contributed by atoms with Crippen LogP contribution in [0.25, 0.3) is 0 Å². The Hall–Kier alpha value is -0.830. The van der Waals surface area contributed by atoms with E-state index in [0.717, 1.165) is 6.42 Å². The number of aliphatic hydroxyl groups is 1. The molecule has 0 aromatic carbocycles. The second-order valence-electron chi connectivity index (χ2n) is 2.85. The molecule has 0 heterocycles. The van der Waals surface area contributed by atoms with E-state index in [2.05, 4.69) is 5.32 Å². The topological polar surface area (TPSA) is 49.3 Å². The first-order valence-corrected chi connectivity index (χ1v) is 4.21. The Balaban J connectivity index is 3.80. The van der Waals surface area contributed by atoms with E-state index < -0.39 is 6.10 Å². The molecule has 0 spiro atoms. The molecular formula is C9H17NO2. The fraction of sp³-hybridized carbons (Fsp3) is 0.667. The van der Waals surface area contributed by atoms with Crippen LogP contribution in [0.2, 0.25) is 0 Å². The van der Waals surface area contributed by atoms with Crippen molar-refractivity contribution in [2.24, 2.45) is 0 Å². The van der Waals surface area contributed by atoms with Crippen LogP contribution in [0.4, 0.5) is 0 Å². The van der Waals surface area contributed by atoms with Crippen LogP contribution in [0, 0.1) is 0 Å². The van der Waals surface area contributed by atoms with Gasteiger partial charge >= 0.3 is 0 Å². The summed E-state index contributed by atoms with van der Waals surface area (Å²) in [5.74, 6) is -0.0993. The van der Waals surface area contributed by atoms with Gasteiger partial charge in [-0.1, -0.05) is 13.0 Å². The number of amides is 1. The number of rotatable bonds is 4. The van der Waals surface area contributed by atoms with Crippen LogP contribution in [0.15, 0.2) is 11.6 Å². The minimum Gasteiger partial charge on any atom is -0.392 e. The number of carbonyl (C=O) groups excluding carboxylic acids is 1. The van der Waals surface area contributed by atoms with Gasteiger partial charge in [0, 0.05) is 12.1 Å². The third-order valence-electron chi connectivity index (χ3n) is 1.43. The van der Waals surface area contributed by atoms with Crippen molar-refractivity contribution in [3.8, 4) is 0 Å². The van der Waals surface area contributed by atoms with Crippen LogP contribution in [-0.2, 0) is 4.79 Å². The van der Waals surface area contributed by atoms with E-state index in [4.69, 9.17) is 5.11 Å². The number of carbonyl (C=O) groups is 1. The van der Waals surface area contributed by atoms with Crippen LogP contribution >= 0.6 is 0 Å². The van der Waals surface area contributed by atoms with Crippen molar-refractivity contribution in [1.29, 1.82) is 0 Å². The predicted octanol–water partition coefficient (Wildman–Crippen LogP) is 0.840.